The van der Waals surface area contributed by atoms with Crippen molar-refractivity contribution in [1.82, 2.24) is 24.6 Å². The van der Waals surface area contributed by atoms with E-state index in [1.165, 1.54) is 10.7 Å². The zero-order valence-electron chi connectivity index (χ0n) is 14.0. The topological polar surface area (TPSA) is 83.9 Å². The predicted octanol–water partition coefficient (Wildman–Crippen LogP) is 1.35. The van der Waals surface area contributed by atoms with E-state index in [2.05, 4.69) is 20.0 Å². The van der Waals surface area contributed by atoms with Gasteiger partial charge in [0.1, 0.15) is 5.82 Å². The number of benzene rings is 1. The second-order valence-corrected chi connectivity index (χ2v) is 6.38. The Morgan fingerprint density at radius 1 is 1.20 bits per heavy atom. The van der Waals surface area contributed by atoms with Gasteiger partial charge in [-0.25, -0.2) is 9.67 Å². The molecule has 0 radical (unpaired) electrons. The highest BCUT2D eigenvalue weighted by Gasteiger charge is 2.28. The van der Waals surface area contributed by atoms with Crippen LogP contribution in [0.5, 0.6) is 0 Å². The third-order valence-corrected chi connectivity index (χ3v) is 4.69. The molecule has 1 aromatic carbocycles. The minimum absolute atomic E-state index is 0.0522. The minimum atomic E-state index is -0.123. The number of rotatable bonds is 3. The smallest absolute Gasteiger partial charge is 0.266 e. The fourth-order valence-corrected chi connectivity index (χ4v) is 3.43. The van der Waals surface area contributed by atoms with E-state index in [0.29, 0.717) is 23.3 Å². The predicted molar refractivity (Wildman–Crippen MR) is 94.2 cm³/mol. The number of fused-ring (bicyclic) bond motifs is 1. The van der Waals surface area contributed by atoms with Crippen LogP contribution in [0.4, 0.5) is 0 Å². The Labute approximate surface area is 143 Å². The van der Waals surface area contributed by atoms with Crippen LogP contribution < -0.4 is 11.1 Å². The summed E-state index contributed by atoms with van der Waals surface area (Å²) in [6.07, 6.45) is 1.97. The van der Waals surface area contributed by atoms with Gasteiger partial charge in [-0.15, -0.1) is 0 Å². The molecule has 1 saturated heterocycles. The van der Waals surface area contributed by atoms with Crippen LogP contribution in [0.15, 0.2) is 46.0 Å². The van der Waals surface area contributed by atoms with Crippen molar-refractivity contribution >= 4 is 10.9 Å². The van der Waals surface area contributed by atoms with Crippen LogP contribution in [0.25, 0.3) is 10.9 Å². The number of nitrogens with zero attached hydrogens (tertiary/aromatic N) is 4. The Hall–Kier alpha value is -2.80. The molecule has 1 aliphatic rings. The molecule has 7 heteroatoms. The van der Waals surface area contributed by atoms with Crippen molar-refractivity contribution < 1.29 is 0 Å². The first-order valence-electron chi connectivity index (χ1n) is 8.38. The number of hydrogen-bond acceptors (Lipinski definition) is 5. The summed E-state index contributed by atoms with van der Waals surface area (Å²) in [5.41, 5.74) is 1.32. The number of aromatic nitrogens is 4. The molecule has 25 heavy (non-hydrogen) atoms. The molecule has 128 valence electrons. The highest BCUT2D eigenvalue weighted by atomic mass is 16.1. The maximum absolute atomic E-state index is 12.3. The summed E-state index contributed by atoms with van der Waals surface area (Å²) in [6, 6.07) is 10.7. The average molecular weight is 337 g/mol. The quantitative estimate of drug-likeness (QED) is 0.780. The van der Waals surface area contributed by atoms with Crippen molar-refractivity contribution in [2.75, 3.05) is 6.54 Å². The lowest BCUT2D eigenvalue weighted by Crippen LogP contribution is -2.28. The lowest BCUT2D eigenvalue weighted by atomic mass is 10.2. The number of likely N-dealkylation sites (tertiary alicyclic amines) is 1. The van der Waals surface area contributed by atoms with Crippen LogP contribution in [-0.4, -0.2) is 31.2 Å². The molecule has 0 bridgehead atoms. The first-order valence-corrected chi connectivity index (χ1v) is 8.38. The van der Waals surface area contributed by atoms with Gasteiger partial charge in [0.05, 0.1) is 22.6 Å². The second-order valence-electron chi connectivity index (χ2n) is 6.38. The minimum Gasteiger partial charge on any atom is -0.309 e. The van der Waals surface area contributed by atoms with Crippen molar-refractivity contribution in [3.05, 3.63) is 68.6 Å². The fourth-order valence-electron chi connectivity index (χ4n) is 3.43. The standard InChI is InChI=1S/C18H19N5O2/c1-22-16(24)9-8-12(21-22)11-23-10-4-7-15(23)17-19-14-6-3-2-5-13(14)18(25)20-17/h2-3,5-6,8-9,15H,4,7,10-11H2,1H3,(H,19,20,25). The number of H-pyrrole nitrogens is 1. The molecule has 1 atom stereocenters. The van der Waals surface area contributed by atoms with E-state index < -0.39 is 0 Å². The van der Waals surface area contributed by atoms with Gasteiger partial charge in [-0.1, -0.05) is 12.1 Å². The molecule has 1 fully saturated rings. The third-order valence-electron chi connectivity index (χ3n) is 4.69. The van der Waals surface area contributed by atoms with Crippen molar-refractivity contribution in [1.29, 1.82) is 0 Å². The molecule has 3 aromatic rings. The van der Waals surface area contributed by atoms with Gasteiger partial charge in [-0.05, 0) is 37.6 Å². The Balaban J connectivity index is 1.66. The van der Waals surface area contributed by atoms with Crippen LogP contribution in [0.2, 0.25) is 0 Å². The zero-order chi connectivity index (χ0) is 17.4. The Kier molecular flexibility index (Phi) is 3.93. The van der Waals surface area contributed by atoms with E-state index in [0.717, 1.165) is 25.1 Å². The summed E-state index contributed by atoms with van der Waals surface area (Å²) < 4.78 is 1.34. The van der Waals surface area contributed by atoms with Gasteiger partial charge < -0.3 is 4.98 Å². The van der Waals surface area contributed by atoms with Gasteiger partial charge in [-0.2, -0.15) is 5.10 Å². The molecule has 1 unspecified atom stereocenters. The maximum atomic E-state index is 12.3. The summed E-state index contributed by atoms with van der Waals surface area (Å²) in [5, 5.41) is 4.91. The lowest BCUT2D eigenvalue weighted by molar-refractivity contribution is 0.235. The Morgan fingerprint density at radius 3 is 2.88 bits per heavy atom. The summed E-state index contributed by atoms with van der Waals surface area (Å²) in [6.45, 7) is 1.53. The maximum Gasteiger partial charge on any atom is 0.266 e. The highest BCUT2D eigenvalue weighted by Crippen LogP contribution is 2.30. The summed E-state index contributed by atoms with van der Waals surface area (Å²) >= 11 is 0. The Bertz CT molecular complexity index is 1040. The molecule has 2 aromatic heterocycles. The lowest BCUT2D eigenvalue weighted by Gasteiger charge is -2.23. The largest absolute Gasteiger partial charge is 0.309 e. The molecule has 7 nitrogen and oxygen atoms in total. The number of hydrogen-bond donors (Lipinski definition) is 1. The number of aromatic amines is 1. The molecule has 0 saturated carbocycles. The van der Waals surface area contributed by atoms with E-state index >= 15 is 0 Å². The molecule has 0 amide bonds. The fraction of sp³-hybridized carbons (Fsp3) is 0.333. The van der Waals surface area contributed by atoms with Crippen LogP contribution in [-0.2, 0) is 13.6 Å². The van der Waals surface area contributed by atoms with Gasteiger partial charge >= 0.3 is 0 Å². The number of nitrogens with one attached hydrogen (secondary N) is 1. The van der Waals surface area contributed by atoms with Crippen LogP contribution in [0.3, 0.4) is 0 Å². The SMILES string of the molecule is Cn1nc(CN2CCCC2c2nc3ccccc3c(=O)[nH]2)ccc1=O. The van der Waals surface area contributed by atoms with Gasteiger partial charge in [0.2, 0.25) is 0 Å². The summed E-state index contributed by atoms with van der Waals surface area (Å²) in [5.74, 6) is 0.700. The summed E-state index contributed by atoms with van der Waals surface area (Å²) in [7, 11) is 1.65. The molecular formula is C18H19N5O2. The molecule has 4 rings (SSSR count). The van der Waals surface area contributed by atoms with E-state index in [4.69, 9.17) is 0 Å². The van der Waals surface area contributed by atoms with Crippen molar-refractivity contribution in [2.45, 2.75) is 25.4 Å². The van der Waals surface area contributed by atoms with Gasteiger partial charge in [0.15, 0.2) is 0 Å². The van der Waals surface area contributed by atoms with Crippen LogP contribution in [0.1, 0.15) is 30.4 Å². The molecule has 1 aliphatic heterocycles. The third kappa shape index (κ3) is 2.98. The summed E-state index contributed by atoms with van der Waals surface area (Å²) in [4.78, 5) is 33.7. The van der Waals surface area contributed by atoms with E-state index in [-0.39, 0.29) is 17.2 Å². The van der Waals surface area contributed by atoms with Crippen LogP contribution >= 0.6 is 0 Å². The molecule has 0 spiro atoms. The first kappa shape index (κ1) is 15.7. The average Bonchev–Trinajstić information content (AvgIpc) is 3.06. The van der Waals surface area contributed by atoms with Gasteiger partial charge in [0, 0.05) is 19.7 Å². The first-order chi connectivity index (χ1) is 12.1. The number of para-hydroxylation sites is 1. The van der Waals surface area contributed by atoms with Crippen LogP contribution in [0, 0.1) is 0 Å². The van der Waals surface area contributed by atoms with Crippen molar-refractivity contribution in [2.24, 2.45) is 7.05 Å². The molecular weight excluding hydrogens is 318 g/mol. The zero-order valence-corrected chi connectivity index (χ0v) is 14.0. The highest BCUT2D eigenvalue weighted by molar-refractivity contribution is 5.77. The molecule has 0 aliphatic carbocycles. The van der Waals surface area contributed by atoms with E-state index in [9.17, 15) is 9.59 Å². The second kappa shape index (κ2) is 6.25. The molecule has 3 heterocycles. The molecule has 1 N–H and O–H groups in total. The number of aryl methyl sites for hydroxylation is 1. The normalized spacial score (nSPS) is 18.0. The van der Waals surface area contributed by atoms with Crippen molar-refractivity contribution in [3.8, 4) is 0 Å². The van der Waals surface area contributed by atoms with Gasteiger partial charge in [-0.3, -0.25) is 14.5 Å². The van der Waals surface area contributed by atoms with Crippen molar-refractivity contribution in [3.63, 3.8) is 0 Å². The monoisotopic (exact) mass is 337 g/mol. The van der Waals surface area contributed by atoms with E-state index in [1.54, 1.807) is 19.2 Å². The van der Waals surface area contributed by atoms with Gasteiger partial charge in [0.25, 0.3) is 11.1 Å². The Morgan fingerprint density at radius 2 is 2.04 bits per heavy atom. The van der Waals surface area contributed by atoms with E-state index in [1.807, 2.05) is 18.2 Å².